The highest BCUT2D eigenvalue weighted by Gasteiger charge is 2.62. The number of nitrogens with two attached hydrogens (primary N) is 1. The molecule has 10 nitrogen and oxygen atoms in total. The Hall–Kier alpha value is -3.82. The summed E-state index contributed by atoms with van der Waals surface area (Å²) in [5.74, 6) is -2.09. The second-order valence-electron chi connectivity index (χ2n) is 7.05. The molecule has 3 heterocycles. The number of carbonyl (C=O) groups is 3. The van der Waals surface area contributed by atoms with Crippen molar-refractivity contribution < 1.29 is 28.6 Å². The Morgan fingerprint density at radius 3 is 2.65 bits per heavy atom. The lowest BCUT2D eigenvalue weighted by Gasteiger charge is -2.34. The number of hydrogen-bond acceptors (Lipinski definition) is 8. The van der Waals surface area contributed by atoms with Crippen LogP contribution >= 0.6 is 0 Å². The van der Waals surface area contributed by atoms with Gasteiger partial charge in [0.15, 0.2) is 0 Å². The van der Waals surface area contributed by atoms with Crippen LogP contribution in [0.5, 0.6) is 5.88 Å². The highest BCUT2D eigenvalue weighted by atomic mass is 16.5. The molecule has 0 saturated heterocycles. The van der Waals surface area contributed by atoms with Crippen LogP contribution < -0.4 is 15.4 Å². The number of aryl methyl sites for hydroxylation is 1. The number of nitrogens with zero attached hydrogens (tertiary/aromatic N) is 2. The Morgan fingerprint density at radius 1 is 1.23 bits per heavy atom. The summed E-state index contributed by atoms with van der Waals surface area (Å²) in [4.78, 5) is 40.7. The van der Waals surface area contributed by atoms with E-state index in [0.29, 0.717) is 22.5 Å². The molecule has 2 aromatic rings. The van der Waals surface area contributed by atoms with Crippen molar-refractivity contribution in [1.82, 2.24) is 10.2 Å². The van der Waals surface area contributed by atoms with Gasteiger partial charge in [0.25, 0.3) is 0 Å². The van der Waals surface area contributed by atoms with Gasteiger partial charge in [-0.25, -0.2) is 4.79 Å². The van der Waals surface area contributed by atoms with Crippen molar-refractivity contribution in [3.8, 4) is 5.88 Å². The van der Waals surface area contributed by atoms with Crippen LogP contribution in [-0.2, 0) is 29.3 Å². The molecule has 31 heavy (non-hydrogen) atoms. The lowest BCUT2D eigenvalue weighted by molar-refractivity contribution is -0.142. The normalized spacial score (nSPS) is 19.2. The van der Waals surface area contributed by atoms with Gasteiger partial charge in [-0.2, -0.15) is 0 Å². The second kappa shape index (κ2) is 7.46. The summed E-state index contributed by atoms with van der Waals surface area (Å²) in [5, 5.41) is 6.91. The number of aromatic nitrogens is 2. The number of nitrogens with one attached hydrogen (secondary N) is 1. The van der Waals surface area contributed by atoms with E-state index < -0.39 is 23.3 Å². The third-order valence-corrected chi connectivity index (χ3v) is 5.35. The average Bonchev–Trinajstić information content (AvgIpc) is 3.20. The molecule has 1 amide bonds. The molecular weight excluding hydrogens is 404 g/mol. The van der Waals surface area contributed by atoms with Crippen molar-refractivity contribution >= 4 is 23.5 Å². The number of hydrogen-bond donors (Lipinski definition) is 2. The van der Waals surface area contributed by atoms with E-state index in [1.54, 1.807) is 45.0 Å². The molecule has 10 heteroatoms. The fourth-order valence-corrected chi connectivity index (χ4v) is 4.27. The van der Waals surface area contributed by atoms with Crippen molar-refractivity contribution in [3.05, 3.63) is 52.5 Å². The first kappa shape index (κ1) is 20.5. The summed E-state index contributed by atoms with van der Waals surface area (Å²) in [5.41, 5.74) is 6.13. The summed E-state index contributed by atoms with van der Waals surface area (Å²) in [7, 11) is 0. The Morgan fingerprint density at radius 2 is 1.94 bits per heavy atom. The zero-order valence-electron chi connectivity index (χ0n) is 17.4. The monoisotopic (exact) mass is 426 g/mol. The van der Waals surface area contributed by atoms with Crippen molar-refractivity contribution in [1.29, 1.82) is 0 Å². The molecule has 1 spiro atoms. The standard InChI is InChI=1S/C21H22N4O6/c1-4-29-14(26)10-25-13-9-7-6-8-12(13)21(20(25)28)15-11(3)23-24-18(15)31-17(22)16(21)19(27)30-5-2/h6-9H,4-5,10,22H2,1-3H3,(H,23,24)/t21-/m0/s1. The van der Waals surface area contributed by atoms with Crippen LogP contribution in [0.25, 0.3) is 0 Å². The van der Waals surface area contributed by atoms with E-state index in [4.69, 9.17) is 19.9 Å². The lowest BCUT2D eigenvalue weighted by atomic mass is 9.68. The summed E-state index contributed by atoms with van der Waals surface area (Å²) in [6.07, 6.45) is 0. The predicted molar refractivity (Wildman–Crippen MR) is 108 cm³/mol. The number of aromatic amines is 1. The van der Waals surface area contributed by atoms with E-state index >= 15 is 0 Å². The van der Waals surface area contributed by atoms with Gasteiger partial charge in [-0.3, -0.25) is 19.6 Å². The highest BCUT2D eigenvalue weighted by Crippen LogP contribution is 2.55. The second-order valence-corrected chi connectivity index (χ2v) is 7.05. The number of ether oxygens (including phenoxy) is 3. The largest absolute Gasteiger partial charge is 0.465 e. The van der Waals surface area contributed by atoms with E-state index in [2.05, 4.69) is 10.2 Å². The van der Waals surface area contributed by atoms with Gasteiger partial charge in [0, 0.05) is 16.9 Å². The zero-order chi connectivity index (χ0) is 22.3. The summed E-state index contributed by atoms with van der Waals surface area (Å²) >= 11 is 0. The molecule has 0 saturated carbocycles. The van der Waals surface area contributed by atoms with Crippen molar-refractivity contribution in [2.24, 2.45) is 5.73 Å². The van der Waals surface area contributed by atoms with Crippen molar-refractivity contribution in [2.75, 3.05) is 24.7 Å². The maximum absolute atomic E-state index is 14.1. The van der Waals surface area contributed by atoms with Crippen LogP contribution in [0, 0.1) is 6.92 Å². The SMILES string of the molecule is CCOC(=O)CN1C(=O)[C@@]2(C(C(=O)OCC)=C(N)Oc3n[nH]c(C)c32)c2ccccc21. The van der Waals surface area contributed by atoms with Crippen molar-refractivity contribution in [3.63, 3.8) is 0 Å². The fraction of sp³-hybridized carbons (Fsp3) is 0.333. The molecule has 2 aliphatic rings. The molecule has 1 atom stereocenters. The minimum Gasteiger partial charge on any atom is -0.465 e. The molecule has 2 aliphatic heterocycles. The third-order valence-electron chi connectivity index (χ3n) is 5.35. The van der Waals surface area contributed by atoms with Crippen LogP contribution in [0.2, 0.25) is 0 Å². The number of para-hydroxylation sites is 1. The number of H-pyrrole nitrogens is 1. The first-order valence-corrected chi connectivity index (χ1v) is 9.85. The molecule has 0 aliphatic carbocycles. The molecule has 1 aromatic heterocycles. The van der Waals surface area contributed by atoms with Gasteiger partial charge in [0.05, 0.1) is 18.8 Å². The summed E-state index contributed by atoms with van der Waals surface area (Å²) in [6.45, 7) is 4.97. The van der Waals surface area contributed by atoms with Gasteiger partial charge in [0.2, 0.25) is 17.7 Å². The molecule has 4 rings (SSSR count). The molecule has 0 fully saturated rings. The van der Waals surface area contributed by atoms with Gasteiger partial charge in [0.1, 0.15) is 17.5 Å². The van der Waals surface area contributed by atoms with E-state index in [1.165, 1.54) is 4.90 Å². The Kier molecular flexibility index (Phi) is 4.92. The van der Waals surface area contributed by atoms with Gasteiger partial charge in [-0.05, 0) is 26.8 Å². The van der Waals surface area contributed by atoms with Gasteiger partial charge < -0.3 is 19.9 Å². The minimum atomic E-state index is -1.68. The summed E-state index contributed by atoms with van der Waals surface area (Å²) < 4.78 is 15.9. The van der Waals surface area contributed by atoms with Gasteiger partial charge >= 0.3 is 11.9 Å². The van der Waals surface area contributed by atoms with Crippen LogP contribution in [0.3, 0.4) is 0 Å². The van der Waals surface area contributed by atoms with Gasteiger partial charge in [-0.15, -0.1) is 5.10 Å². The topological polar surface area (TPSA) is 137 Å². The number of rotatable bonds is 5. The molecule has 0 radical (unpaired) electrons. The Bertz CT molecular complexity index is 1120. The first-order valence-electron chi connectivity index (χ1n) is 9.85. The average molecular weight is 426 g/mol. The van der Waals surface area contributed by atoms with E-state index in [1.807, 2.05) is 0 Å². The van der Waals surface area contributed by atoms with E-state index in [9.17, 15) is 14.4 Å². The van der Waals surface area contributed by atoms with E-state index in [0.717, 1.165) is 0 Å². The maximum Gasteiger partial charge on any atom is 0.341 e. The molecule has 0 unspecified atom stereocenters. The molecule has 3 N–H and O–H groups in total. The van der Waals surface area contributed by atoms with Crippen molar-refractivity contribution in [2.45, 2.75) is 26.2 Å². The van der Waals surface area contributed by atoms with Crippen LogP contribution in [0.4, 0.5) is 5.69 Å². The molecule has 1 aromatic carbocycles. The number of esters is 2. The van der Waals surface area contributed by atoms with Crippen LogP contribution in [0.1, 0.15) is 30.7 Å². The fourth-order valence-electron chi connectivity index (χ4n) is 4.27. The lowest BCUT2D eigenvalue weighted by Crippen LogP contribution is -2.49. The van der Waals surface area contributed by atoms with Crippen LogP contribution in [0.15, 0.2) is 35.7 Å². The number of fused-ring (bicyclic) bond motifs is 4. The Balaban J connectivity index is 2.02. The summed E-state index contributed by atoms with van der Waals surface area (Å²) in [6, 6.07) is 6.89. The quantitative estimate of drug-likeness (QED) is 0.677. The molecule has 162 valence electrons. The zero-order valence-corrected chi connectivity index (χ0v) is 17.4. The highest BCUT2D eigenvalue weighted by molar-refractivity contribution is 6.19. The minimum absolute atomic E-state index is 0.0747. The predicted octanol–water partition coefficient (Wildman–Crippen LogP) is 1.04. The molecule has 0 bridgehead atoms. The number of amides is 1. The number of carbonyl (C=O) groups excluding carboxylic acids is 3. The van der Waals surface area contributed by atoms with Gasteiger partial charge in [-0.1, -0.05) is 18.2 Å². The molecular formula is C21H22N4O6. The third kappa shape index (κ3) is 2.78. The van der Waals surface area contributed by atoms with E-state index in [-0.39, 0.29) is 37.1 Å². The number of benzene rings is 1. The maximum atomic E-state index is 14.1. The smallest absolute Gasteiger partial charge is 0.341 e. The number of anilines is 1. The first-order chi connectivity index (χ1) is 14.9. The van der Waals surface area contributed by atoms with Crippen LogP contribution in [-0.4, -0.2) is 47.8 Å². The Labute approximate surface area is 177 Å².